The summed E-state index contributed by atoms with van der Waals surface area (Å²) in [5.41, 5.74) is 6.43. The van der Waals surface area contributed by atoms with Gasteiger partial charge >= 0.3 is 0 Å². The summed E-state index contributed by atoms with van der Waals surface area (Å²) in [5, 5.41) is 0. The molecule has 1 saturated carbocycles. The maximum atomic E-state index is 8.96. The highest BCUT2D eigenvalue weighted by Gasteiger charge is 2.21. The third kappa shape index (κ3) is 3.44. The molecule has 26 heavy (non-hydrogen) atoms. The van der Waals surface area contributed by atoms with Crippen LogP contribution in [0.25, 0.3) is 22.4 Å². The van der Waals surface area contributed by atoms with E-state index < -0.39 is 6.37 Å². The fourth-order valence-corrected chi connectivity index (χ4v) is 4.09. The minimum absolute atomic E-state index is 0.113. The van der Waals surface area contributed by atoms with E-state index in [1.54, 1.807) is 0 Å². The van der Waals surface area contributed by atoms with Crippen molar-refractivity contribution in [3.8, 4) is 22.4 Å². The second kappa shape index (κ2) is 7.45. The van der Waals surface area contributed by atoms with Crippen LogP contribution < -0.4 is 4.57 Å². The Morgan fingerprint density at radius 2 is 1.69 bits per heavy atom. The largest absolute Gasteiger partial charge is 0.212 e. The Labute approximate surface area is 160 Å². The fraction of sp³-hybridized carbons (Fsp3) is 0.320. The van der Waals surface area contributed by atoms with Crippen LogP contribution in [0.4, 0.5) is 0 Å². The summed E-state index contributed by atoms with van der Waals surface area (Å²) in [6.07, 6.45) is 5.10. The predicted octanol–water partition coefficient (Wildman–Crippen LogP) is 5.89. The van der Waals surface area contributed by atoms with Crippen LogP contribution in [0.5, 0.6) is 0 Å². The molecule has 1 aliphatic carbocycles. The van der Waals surface area contributed by atoms with Gasteiger partial charge in [-0.3, -0.25) is 0 Å². The van der Waals surface area contributed by atoms with Crippen molar-refractivity contribution in [1.29, 1.82) is 0 Å². The minimum Gasteiger partial charge on any atom is -0.200 e. The first-order chi connectivity index (χ1) is 13.5. The summed E-state index contributed by atoms with van der Waals surface area (Å²) in [6.45, 7) is 2.09. The van der Waals surface area contributed by atoms with Gasteiger partial charge in [-0.15, -0.1) is 0 Å². The van der Waals surface area contributed by atoms with E-state index in [0.717, 1.165) is 48.1 Å². The number of rotatable bonds is 4. The second-order valence-corrected chi connectivity index (χ2v) is 7.40. The van der Waals surface area contributed by atoms with Crippen molar-refractivity contribution in [1.82, 2.24) is 0 Å². The molecule has 0 spiro atoms. The SMILES string of the molecule is [2H]C([2H])(c1cccc(C)c1-c1ccc(-c2ccccc2)c[n+]1C)C1CCCC1. The zero-order chi connectivity index (χ0) is 19.7. The van der Waals surface area contributed by atoms with Crippen LogP contribution in [0.15, 0.2) is 66.9 Å². The molecule has 0 saturated heterocycles. The number of aryl methyl sites for hydroxylation is 2. The molecule has 0 aliphatic heterocycles. The molecule has 0 atom stereocenters. The van der Waals surface area contributed by atoms with Gasteiger partial charge < -0.3 is 0 Å². The highest BCUT2D eigenvalue weighted by atomic mass is 14.9. The molecule has 1 heterocycles. The highest BCUT2D eigenvalue weighted by molar-refractivity contribution is 5.68. The molecule has 3 aromatic rings. The molecule has 1 aromatic heterocycles. The van der Waals surface area contributed by atoms with E-state index in [4.69, 9.17) is 2.74 Å². The summed E-state index contributed by atoms with van der Waals surface area (Å²) in [5.74, 6) is 0.113. The van der Waals surface area contributed by atoms with Crippen LogP contribution in [-0.2, 0) is 13.4 Å². The molecule has 2 aromatic carbocycles. The van der Waals surface area contributed by atoms with E-state index in [9.17, 15) is 0 Å². The van der Waals surface area contributed by atoms with Gasteiger partial charge in [-0.2, -0.15) is 0 Å². The molecule has 1 nitrogen and oxygen atoms in total. The molecule has 0 amide bonds. The van der Waals surface area contributed by atoms with Crippen molar-refractivity contribution in [2.45, 2.75) is 39.0 Å². The van der Waals surface area contributed by atoms with E-state index in [0.29, 0.717) is 0 Å². The van der Waals surface area contributed by atoms with Crippen molar-refractivity contribution in [3.63, 3.8) is 0 Å². The summed E-state index contributed by atoms with van der Waals surface area (Å²) < 4.78 is 20.0. The van der Waals surface area contributed by atoms with E-state index in [-0.39, 0.29) is 5.92 Å². The lowest BCUT2D eigenvalue weighted by Crippen LogP contribution is -2.31. The first-order valence-electron chi connectivity index (χ1n) is 10.6. The quantitative estimate of drug-likeness (QED) is 0.520. The average Bonchev–Trinajstić information content (AvgIpc) is 3.25. The Balaban J connectivity index is 1.82. The van der Waals surface area contributed by atoms with Gasteiger partial charge in [0, 0.05) is 14.4 Å². The number of aromatic nitrogens is 1. The molecule has 0 unspecified atom stereocenters. The summed E-state index contributed by atoms with van der Waals surface area (Å²) >= 11 is 0. The number of pyridine rings is 1. The van der Waals surface area contributed by atoms with E-state index in [1.807, 2.05) is 18.2 Å². The van der Waals surface area contributed by atoms with Gasteiger partial charge in [0.1, 0.15) is 7.05 Å². The minimum atomic E-state index is -1.30. The van der Waals surface area contributed by atoms with Gasteiger partial charge in [-0.1, -0.05) is 74.2 Å². The van der Waals surface area contributed by atoms with E-state index in [1.165, 1.54) is 11.1 Å². The fourth-order valence-electron chi connectivity index (χ4n) is 4.09. The van der Waals surface area contributed by atoms with Crippen LogP contribution in [-0.4, -0.2) is 0 Å². The average molecular weight is 345 g/mol. The Morgan fingerprint density at radius 3 is 2.42 bits per heavy atom. The normalized spacial score (nSPS) is 16.4. The maximum Gasteiger partial charge on any atom is 0.212 e. The third-order valence-corrected chi connectivity index (χ3v) is 5.48. The van der Waals surface area contributed by atoms with Gasteiger partial charge in [0.15, 0.2) is 6.20 Å². The molecule has 1 fully saturated rings. The topological polar surface area (TPSA) is 3.88 Å². The van der Waals surface area contributed by atoms with Gasteiger partial charge in [-0.05, 0) is 42.0 Å². The Morgan fingerprint density at radius 1 is 0.923 bits per heavy atom. The van der Waals surface area contributed by atoms with Crippen LogP contribution in [0.3, 0.4) is 0 Å². The monoisotopic (exact) mass is 344 g/mol. The Kier molecular flexibility index (Phi) is 4.22. The molecular weight excluding hydrogens is 314 g/mol. The molecule has 1 aliphatic rings. The number of benzene rings is 2. The summed E-state index contributed by atoms with van der Waals surface area (Å²) in [6, 6.07) is 20.7. The lowest BCUT2D eigenvalue weighted by Gasteiger charge is -2.15. The predicted molar refractivity (Wildman–Crippen MR) is 109 cm³/mol. The van der Waals surface area contributed by atoms with E-state index >= 15 is 0 Å². The van der Waals surface area contributed by atoms with Crippen LogP contribution in [0.1, 0.15) is 39.6 Å². The van der Waals surface area contributed by atoms with Gasteiger partial charge in [0.05, 0.1) is 5.56 Å². The Bertz CT molecular complexity index is 973. The lowest BCUT2D eigenvalue weighted by atomic mass is 9.90. The first kappa shape index (κ1) is 14.7. The van der Waals surface area contributed by atoms with Crippen molar-refractivity contribution in [3.05, 3.63) is 78.0 Å². The van der Waals surface area contributed by atoms with Crippen molar-refractivity contribution < 1.29 is 7.31 Å². The molecule has 0 N–H and O–H groups in total. The van der Waals surface area contributed by atoms with Crippen molar-refractivity contribution in [2.75, 3.05) is 0 Å². The van der Waals surface area contributed by atoms with Gasteiger partial charge in [-0.25, -0.2) is 4.57 Å². The zero-order valence-electron chi connectivity index (χ0n) is 17.7. The smallest absolute Gasteiger partial charge is 0.200 e. The van der Waals surface area contributed by atoms with Crippen LogP contribution in [0.2, 0.25) is 0 Å². The summed E-state index contributed by atoms with van der Waals surface area (Å²) in [7, 11) is 2.06. The molecule has 1 heteroatoms. The van der Waals surface area contributed by atoms with Crippen LogP contribution >= 0.6 is 0 Å². The molecule has 0 bridgehead atoms. The lowest BCUT2D eigenvalue weighted by molar-refractivity contribution is -0.659. The van der Waals surface area contributed by atoms with Crippen LogP contribution in [0, 0.1) is 12.8 Å². The zero-order valence-corrected chi connectivity index (χ0v) is 15.7. The number of hydrogen-bond donors (Lipinski definition) is 0. The Hall–Kier alpha value is -2.41. The number of nitrogens with zero attached hydrogens (tertiary/aromatic N) is 1. The standard InChI is InChI=1S/C25H28N/c1-19-9-8-14-22(17-20-10-6-7-11-20)25(19)24-16-15-23(18-26(24)2)21-12-4-3-5-13-21/h3-5,8-9,12-16,18,20H,6-7,10-11,17H2,1-2H3/q+1/i17D2. The second-order valence-electron chi connectivity index (χ2n) is 7.40. The van der Waals surface area contributed by atoms with Gasteiger partial charge in [0.2, 0.25) is 5.69 Å². The van der Waals surface area contributed by atoms with Gasteiger partial charge in [0.25, 0.3) is 0 Å². The number of hydrogen-bond acceptors (Lipinski definition) is 0. The third-order valence-electron chi connectivity index (χ3n) is 5.48. The molecular formula is C25H28N+. The summed E-state index contributed by atoms with van der Waals surface area (Å²) in [4.78, 5) is 0. The first-order valence-corrected chi connectivity index (χ1v) is 9.64. The molecule has 132 valence electrons. The van der Waals surface area contributed by atoms with E-state index in [2.05, 4.69) is 67.2 Å². The van der Waals surface area contributed by atoms with Crippen molar-refractivity contribution in [2.24, 2.45) is 13.0 Å². The maximum absolute atomic E-state index is 8.96. The van der Waals surface area contributed by atoms with Crippen molar-refractivity contribution >= 4 is 0 Å². The highest BCUT2D eigenvalue weighted by Crippen LogP contribution is 2.33. The molecule has 4 rings (SSSR count). The molecule has 0 radical (unpaired) electrons.